The molecule has 0 aliphatic rings. The van der Waals surface area contributed by atoms with Crippen LogP contribution in [0.1, 0.15) is 28.2 Å². The van der Waals surface area contributed by atoms with Crippen LogP contribution in [0.15, 0.2) is 77.6 Å². The van der Waals surface area contributed by atoms with Crippen LogP contribution in [0.3, 0.4) is 0 Å². The quantitative estimate of drug-likeness (QED) is 0.471. The van der Waals surface area contributed by atoms with Gasteiger partial charge in [0.05, 0.1) is 11.3 Å². The Morgan fingerprint density at radius 1 is 0.968 bits per heavy atom. The van der Waals surface area contributed by atoms with Crippen molar-refractivity contribution in [2.75, 3.05) is 0 Å². The largest absolute Gasteiger partial charge is 0.339 e. The minimum Gasteiger partial charge on any atom is -0.339 e. The second-order valence-corrected chi connectivity index (χ2v) is 6.99. The maximum Gasteiger partial charge on any atom is 0.271 e. The lowest BCUT2D eigenvalue weighted by atomic mass is 10.1. The Balaban J connectivity index is 1.30. The standard InChI is InChI=1S/C23H21N5O3/c1-16-8-10-17(11-9-16)22-24-21(31-27-22)13-12-20(29)25-26-23(30)18-6-2-3-7-19(18)28-14-4-5-15-28/h2-11,14-15H,12-13H2,1H3,(H,25,29)(H,26,30). The molecule has 0 unspecified atom stereocenters. The van der Waals surface area contributed by atoms with Crippen LogP contribution in [0, 0.1) is 6.92 Å². The van der Waals surface area contributed by atoms with Gasteiger partial charge < -0.3 is 9.09 Å². The zero-order valence-corrected chi connectivity index (χ0v) is 16.9. The minimum absolute atomic E-state index is 0.0923. The lowest BCUT2D eigenvalue weighted by Gasteiger charge is -2.11. The van der Waals surface area contributed by atoms with Gasteiger partial charge >= 0.3 is 0 Å². The van der Waals surface area contributed by atoms with Gasteiger partial charge in [0, 0.05) is 30.8 Å². The van der Waals surface area contributed by atoms with Gasteiger partial charge in [0.25, 0.3) is 5.91 Å². The number of carbonyl (C=O) groups is 2. The molecule has 0 bridgehead atoms. The molecule has 156 valence electrons. The third-order valence-corrected chi connectivity index (χ3v) is 4.69. The number of amides is 2. The van der Waals surface area contributed by atoms with Crippen molar-refractivity contribution in [3.8, 4) is 17.1 Å². The van der Waals surface area contributed by atoms with E-state index in [2.05, 4.69) is 21.0 Å². The molecule has 8 heteroatoms. The van der Waals surface area contributed by atoms with Gasteiger partial charge in [-0.1, -0.05) is 47.1 Å². The van der Waals surface area contributed by atoms with Gasteiger partial charge in [-0.25, -0.2) is 0 Å². The fourth-order valence-electron chi connectivity index (χ4n) is 3.04. The van der Waals surface area contributed by atoms with E-state index in [9.17, 15) is 9.59 Å². The fraction of sp³-hybridized carbons (Fsp3) is 0.130. The Morgan fingerprint density at radius 3 is 2.48 bits per heavy atom. The maximum atomic E-state index is 12.5. The lowest BCUT2D eigenvalue weighted by Crippen LogP contribution is -2.42. The highest BCUT2D eigenvalue weighted by atomic mass is 16.5. The number of para-hydroxylation sites is 1. The molecule has 0 aliphatic heterocycles. The van der Waals surface area contributed by atoms with Crippen molar-refractivity contribution in [1.29, 1.82) is 0 Å². The normalized spacial score (nSPS) is 10.6. The van der Waals surface area contributed by atoms with Gasteiger partial charge in [0.2, 0.25) is 17.6 Å². The Hall–Kier alpha value is -4.20. The summed E-state index contributed by atoms with van der Waals surface area (Å²) in [7, 11) is 0. The molecule has 0 saturated carbocycles. The highest BCUT2D eigenvalue weighted by molar-refractivity contribution is 5.98. The lowest BCUT2D eigenvalue weighted by molar-refractivity contribution is -0.121. The van der Waals surface area contributed by atoms with Crippen LogP contribution < -0.4 is 10.9 Å². The summed E-state index contributed by atoms with van der Waals surface area (Å²) in [5, 5.41) is 3.95. The Morgan fingerprint density at radius 2 is 1.71 bits per heavy atom. The number of carbonyl (C=O) groups excluding carboxylic acids is 2. The average molecular weight is 415 g/mol. The summed E-state index contributed by atoms with van der Waals surface area (Å²) in [5.74, 6) is 0.0688. The summed E-state index contributed by atoms with van der Waals surface area (Å²) in [5.41, 5.74) is 8.03. The van der Waals surface area contributed by atoms with Crippen molar-refractivity contribution in [3.05, 3.63) is 90.1 Å². The van der Waals surface area contributed by atoms with Crippen molar-refractivity contribution < 1.29 is 14.1 Å². The van der Waals surface area contributed by atoms with Crippen LogP contribution in [0.25, 0.3) is 17.1 Å². The van der Waals surface area contributed by atoms with Gasteiger partial charge in [-0.3, -0.25) is 20.4 Å². The fourth-order valence-corrected chi connectivity index (χ4v) is 3.04. The van der Waals surface area contributed by atoms with Crippen LogP contribution >= 0.6 is 0 Å². The Labute approximate surface area is 178 Å². The molecule has 0 spiro atoms. The maximum absolute atomic E-state index is 12.5. The number of hydrogen-bond donors (Lipinski definition) is 2. The third kappa shape index (κ3) is 4.87. The molecule has 0 atom stereocenters. The molecular formula is C23H21N5O3. The predicted octanol–water partition coefficient (Wildman–Crippen LogP) is 3.23. The zero-order valence-electron chi connectivity index (χ0n) is 16.9. The van der Waals surface area contributed by atoms with Gasteiger partial charge in [-0.2, -0.15) is 4.98 Å². The van der Waals surface area contributed by atoms with E-state index in [0.29, 0.717) is 23.0 Å². The van der Waals surface area contributed by atoms with E-state index >= 15 is 0 Å². The van der Waals surface area contributed by atoms with E-state index in [0.717, 1.165) is 11.1 Å². The molecule has 0 aliphatic carbocycles. The van der Waals surface area contributed by atoms with Crippen LogP contribution in [0.2, 0.25) is 0 Å². The van der Waals surface area contributed by atoms with E-state index in [1.54, 1.807) is 12.1 Å². The number of nitrogens with one attached hydrogen (secondary N) is 2. The molecule has 2 aromatic carbocycles. The number of hydrazine groups is 1. The van der Waals surface area contributed by atoms with Crippen LogP contribution in [0.5, 0.6) is 0 Å². The summed E-state index contributed by atoms with van der Waals surface area (Å²) in [6.45, 7) is 2.00. The molecular weight excluding hydrogens is 394 g/mol. The second kappa shape index (κ2) is 9.08. The van der Waals surface area contributed by atoms with Gasteiger partial charge in [-0.15, -0.1) is 0 Å². The highest BCUT2D eigenvalue weighted by Gasteiger charge is 2.14. The summed E-state index contributed by atoms with van der Waals surface area (Å²) in [6, 6.07) is 18.7. The number of nitrogens with zero attached hydrogens (tertiary/aromatic N) is 3. The predicted molar refractivity (Wildman–Crippen MR) is 114 cm³/mol. The van der Waals surface area contributed by atoms with Crippen LogP contribution in [-0.2, 0) is 11.2 Å². The second-order valence-electron chi connectivity index (χ2n) is 6.99. The Kier molecular flexibility index (Phi) is 5.89. The summed E-state index contributed by atoms with van der Waals surface area (Å²) < 4.78 is 7.05. The molecule has 4 rings (SSSR count). The number of hydrogen-bond acceptors (Lipinski definition) is 5. The summed E-state index contributed by atoms with van der Waals surface area (Å²) >= 11 is 0. The number of aryl methyl sites for hydroxylation is 2. The first-order chi connectivity index (χ1) is 15.1. The van der Waals surface area contributed by atoms with Crippen molar-refractivity contribution in [1.82, 2.24) is 25.6 Å². The average Bonchev–Trinajstić information content (AvgIpc) is 3.49. The van der Waals surface area contributed by atoms with Gasteiger partial charge in [0.15, 0.2) is 0 Å². The molecule has 8 nitrogen and oxygen atoms in total. The van der Waals surface area contributed by atoms with E-state index in [1.165, 1.54) is 0 Å². The molecule has 0 radical (unpaired) electrons. The van der Waals surface area contributed by atoms with Crippen molar-refractivity contribution in [2.45, 2.75) is 19.8 Å². The molecule has 0 fully saturated rings. The van der Waals surface area contributed by atoms with E-state index in [1.807, 2.05) is 72.4 Å². The van der Waals surface area contributed by atoms with E-state index in [4.69, 9.17) is 4.52 Å². The Bertz CT molecular complexity index is 1180. The topological polar surface area (TPSA) is 102 Å². The molecule has 2 aromatic heterocycles. The minimum atomic E-state index is -0.405. The number of benzene rings is 2. The molecule has 2 heterocycles. The monoisotopic (exact) mass is 415 g/mol. The molecule has 2 N–H and O–H groups in total. The molecule has 31 heavy (non-hydrogen) atoms. The summed E-state index contributed by atoms with van der Waals surface area (Å²) in [6.07, 6.45) is 4.05. The van der Waals surface area contributed by atoms with Crippen LogP contribution in [-0.4, -0.2) is 26.5 Å². The zero-order chi connectivity index (χ0) is 21.6. The first-order valence-electron chi connectivity index (χ1n) is 9.81. The number of rotatable bonds is 6. The van der Waals surface area contributed by atoms with Crippen molar-refractivity contribution in [3.63, 3.8) is 0 Å². The summed E-state index contributed by atoms with van der Waals surface area (Å²) in [4.78, 5) is 29.0. The van der Waals surface area contributed by atoms with Gasteiger partial charge in [0.1, 0.15) is 0 Å². The van der Waals surface area contributed by atoms with Crippen LogP contribution in [0.4, 0.5) is 0 Å². The molecule has 4 aromatic rings. The third-order valence-electron chi connectivity index (χ3n) is 4.69. The molecule has 0 saturated heterocycles. The van der Waals surface area contributed by atoms with Crippen molar-refractivity contribution in [2.24, 2.45) is 0 Å². The number of aromatic nitrogens is 3. The first kappa shape index (κ1) is 20.1. The molecule has 2 amide bonds. The SMILES string of the molecule is Cc1ccc(-c2noc(CCC(=O)NNC(=O)c3ccccc3-n3cccc3)n2)cc1. The van der Waals surface area contributed by atoms with E-state index in [-0.39, 0.29) is 18.7 Å². The van der Waals surface area contributed by atoms with Crippen molar-refractivity contribution >= 4 is 11.8 Å². The van der Waals surface area contributed by atoms with Gasteiger partial charge in [-0.05, 0) is 31.2 Å². The van der Waals surface area contributed by atoms with E-state index < -0.39 is 5.91 Å². The highest BCUT2D eigenvalue weighted by Crippen LogP contribution is 2.17. The first-order valence-corrected chi connectivity index (χ1v) is 9.81. The smallest absolute Gasteiger partial charge is 0.271 e.